The van der Waals surface area contributed by atoms with Gasteiger partial charge in [0.2, 0.25) is 0 Å². The van der Waals surface area contributed by atoms with Gasteiger partial charge in [0.05, 0.1) is 10.4 Å². The topological polar surface area (TPSA) is 32.8 Å². The number of piperazine rings is 1. The van der Waals surface area contributed by atoms with Crippen LogP contribution in [0.2, 0.25) is 0 Å². The summed E-state index contributed by atoms with van der Waals surface area (Å²) in [4.78, 5) is 17.5. The van der Waals surface area contributed by atoms with Gasteiger partial charge in [0.25, 0.3) is 5.91 Å². The molecular weight excluding hydrogens is 461 g/mol. The highest BCUT2D eigenvalue weighted by molar-refractivity contribution is 7.12. The summed E-state index contributed by atoms with van der Waals surface area (Å²) in [5.41, 5.74) is 3.23. The molecule has 0 bridgehead atoms. The first-order chi connectivity index (χ1) is 16.2. The SMILES string of the molecule is Cc1cc(C)cc(OCc2csc(C(=O)N3CCN(Cc4cccc(C(F)(F)F)c4)CC3)c2)c1. The van der Waals surface area contributed by atoms with Crippen LogP contribution in [0.4, 0.5) is 13.2 Å². The Hall–Kier alpha value is -2.84. The monoisotopic (exact) mass is 488 g/mol. The quantitative estimate of drug-likeness (QED) is 0.432. The molecular formula is C26H27F3N2O2S. The van der Waals surface area contributed by atoms with Crippen LogP contribution in [0, 0.1) is 13.8 Å². The largest absolute Gasteiger partial charge is 0.489 e. The Balaban J connectivity index is 1.29. The zero-order chi connectivity index (χ0) is 24.3. The van der Waals surface area contributed by atoms with Gasteiger partial charge in [-0.15, -0.1) is 11.3 Å². The van der Waals surface area contributed by atoms with Gasteiger partial charge in [-0.3, -0.25) is 9.69 Å². The van der Waals surface area contributed by atoms with Crippen LogP contribution in [0.25, 0.3) is 0 Å². The van der Waals surface area contributed by atoms with Crippen molar-refractivity contribution in [2.45, 2.75) is 33.2 Å². The molecule has 0 atom stereocenters. The van der Waals surface area contributed by atoms with Gasteiger partial charge in [-0.2, -0.15) is 13.2 Å². The number of carbonyl (C=O) groups excluding carboxylic acids is 1. The molecule has 0 spiro atoms. The van der Waals surface area contributed by atoms with Crippen molar-refractivity contribution in [1.29, 1.82) is 0 Å². The van der Waals surface area contributed by atoms with Crippen LogP contribution in [0.1, 0.15) is 37.5 Å². The second-order valence-electron chi connectivity index (χ2n) is 8.70. The van der Waals surface area contributed by atoms with Crippen molar-refractivity contribution in [2.24, 2.45) is 0 Å². The summed E-state index contributed by atoms with van der Waals surface area (Å²) in [6.45, 7) is 7.23. The Morgan fingerprint density at radius 2 is 1.68 bits per heavy atom. The molecule has 1 aliphatic rings. The van der Waals surface area contributed by atoms with Gasteiger partial charge < -0.3 is 9.64 Å². The molecule has 1 saturated heterocycles. The number of amides is 1. The molecule has 4 rings (SSSR count). The predicted octanol–water partition coefficient (Wildman–Crippen LogP) is 5.92. The number of nitrogens with zero attached hydrogens (tertiary/aromatic N) is 2. The highest BCUT2D eigenvalue weighted by atomic mass is 32.1. The molecule has 3 aromatic rings. The average molecular weight is 489 g/mol. The molecule has 1 aromatic heterocycles. The fraction of sp³-hybridized carbons (Fsp3) is 0.346. The minimum absolute atomic E-state index is 0.0126. The number of thiophene rings is 1. The number of aryl methyl sites for hydroxylation is 2. The Kier molecular flexibility index (Phi) is 7.28. The molecule has 0 radical (unpaired) electrons. The van der Waals surface area contributed by atoms with Gasteiger partial charge in [-0.25, -0.2) is 0 Å². The van der Waals surface area contributed by atoms with Gasteiger partial charge in [0, 0.05) is 38.3 Å². The smallest absolute Gasteiger partial charge is 0.416 e. The van der Waals surface area contributed by atoms with E-state index in [1.807, 2.05) is 42.3 Å². The molecule has 2 heterocycles. The Labute approximate surface area is 201 Å². The molecule has 180 valence electrons. The van der Waals surface area contributed by atoms with Gasteiger partial charge in [0.15, 0.2) is 0 Å². The first kappa shape index (κ1) is 24.3. The highest BCUT2D eigenvalue weighted by Gasteiger charge is 2.30. The van der Waals surface area contributed by atoms with E-state index in [0.29, 0.717) is 49.8 Å². The summed E-state index contributed by atoms with van der Waals surface area (Å²) in [5.74, 6) is 0.801. The fourth-order valence-electron chi connectivity index (χ4n) is 4.12. The van der Waals surface area contributed by atoms with E-state index in [4.69, 9.17) is 4.74 Å². The zero-order valence-electron chi connectivity index (χ0n) is 19.2. The van der Waals surface area contributed by atoms with Crippen LogP contribution in [-0.4, -0.2) is 41.9 Å². The lowest BCUT2D eigenvalue weighted by Crippen LogP contribution is -2.48. The number of carbonyl (C=O) groups is 1. The molecule has 4 nitrogen and oxygen atoms in total. The maximum absolute atomic E-state index is 13.0. The maximum atomic E-state index is 13.0. The number of halogens is 3. The summed E-state index contributed by atoms with van der Waals surface area (Å²) in [7, 11) is 0. The molecule has 34 heavy (non-hydrogen) atoms. The summed E-state index contributed by atoms with van der Waals surface area (Å²) < 4.78 is 44.8. The maximum Gasteiger partial charge on any atom is 0.416 e. The van der Waals surface area contributed by atoms with E-state index >= 15 is 0 Å². The van der Waals surface area contributed by atoms with Crippen LogP contribution in [0.15, 0.2) is 53.9 Å². The highest BCUT2D eigenvalue weighted by Crippen LogP contribution is 2.30. The number of ether oxygens (including phenoxy) is 1. The first-order valence-corrected chi connectivity index (χ1v) is 12.0. The summed E-state index contributed by atoms with van der Waals surface area (Å²) >= 11 is 1.41. The van der Waals surface area contributed by atoms with Crippen molar-refractivity contribution < 1.29 is 22.7 Å². The van der Waals surface area contributed by atoms with E-state index < -0.39 is 11.7 Å². The summed E-state index contributed by atoms with van der Waals surface area (Å²) in [5, 5.41) is 1.94. The Morgan fingerprint density at radius 3 is 2.35 bits per heavy atom. The van der Waals surface area contributed by atoms with Gasteiger partial charge in [-0.05, 0) is 60.2 Å². The van der Waals surface area contributed by atoms with Crippen LogP contribution in [0.3, 0.4) is 0 Å². The van der Waals surface area contributed by atoms with Gasteiger partial charge in [0.1, 0.15) is 12.4 Å². The lowest BCUT2D eigenvalue weighted by Gasteiger charge is -2.34. The number of hydrogen-bond acceptors (Lipinski definition) is 4. The van der Waals surface area contributed by atoms with Gasteiger partial charge in [-0.1, -0.05) is 24.3 Å². The van der Waals surface area contributed by atoms with Crippen LogP contribution < -0.4 is 4.74 Å². The summed E-state index contributed by atoms with van der Waals surface area (Å²) in [6, 6.07) is 13.4. The fourth-order valence-corrected chi connectivity index (χ4v) is 4.98. The molecule has 8 heteroatoms. The van der Waals surface area contributed by atoms with Crippen molar-refractivity contribution in [2.75, 3.05) is 26.2 Å². The van der Waals surface area contributed by atoms with Crippen molar-refractivity contribution in [1.82, 2.24) is 9.80 Å². The first-order valence-electron chi connectivity index (χ1n) is 11.1. The Morgan fingerprint density at radius 1 is 0.971 bits per heavy atom. The summed E-state index contributed by atoms with van der Waals surface area (Å²) in [6.07, 6.45) is -4.34. The zero-order valence-corrected chi connectivity index (χ0v) is 20.0. The molecule has 2 aromatic carbocycles. The minimum atomic E-state index is -4.34. The number of hydrogen-bond donors (Lipinski definition) is 0. The number of benzene rings is 2. The number of rotatable bonds is 6. The van der Waals surface area contributed by atoms with E-state index in [1.165, 1.54) is 23.5 Å². The third-order valence-corrected chi connectivity index (χ3v) is 6.75. The van der Waals surface area contributed by atoms with Crippen molar-refractivity contribution >= 4 is 17.2 Å². The van der Waals surface area contributed by atoms with Crippen molar-refractivity contribution in [3.05, 3.63) is 86.6 Å². The van der Waals surface area contributed by atoms with E-state index in [2.05, 4.69) is 11.0 Å². The lowest BCUT2D eigenvalue weighted by molar-refractivity contribution is -0.137. The molecule has 1 amide bonds. The van der Waals surface area contributed by atoms with E-state index in [1.54, 1.807) is 6.07 Å². The van der Waals surface area contributed by atoms with E-state index in [-0.39, 0.29) is 5.91 Å². The predicted molar refractivity (Wildman–Crippen MR) is 127 cm³/mol. The third kappa shape index (κ3) is 6.18. The molecule has 0 unspecified atom stereocenters. The van der Waals surface area contributed by atoms with E-state index in [0.717, 1.165) is 28.5 Å². The molecule has 0 N–H and O–H groups in total. The van der Waals surface area contributed by atoms with Crippen molar-refractivity contribution in [3.63, 3.8) is 0 Å². The minimum Gasteiger partial charge on any atom is -0.489 e. The second-order valence-corrected chi connectivity index (χ2v) is 9.61. The molecule has 1 aliphatic heterocycles. The number of alkyl halides is 3. The standard InChI is InChI=1S/C26H27F3N2O2S/c1-18-10-19(2)12-23(11-18)33-16-21-14-24(34-17-21)25(32)31-8-6-30(7-9-31)15-20-4-3-5-22(13-20)26(27,28)29/h3-5,10-14,17H,6-9,15-16H2,1-2H3. The lowest BCUT2D eigenvalue weighted by atomic mass is 10.1. The third-order valence-electron chi connectivity index (χ3n) is 5.79. The Bertz CT molecular complexity index is 1130. The second kappa shape index (κ2) is 10.2. The van der Waals surface area contributed by atoms with Gasteiger partial charge >= 0.3 is 6.18 Å². The average Bonchev–Trinajstić information content (AvgIpc) is 3.26. The normalized spacial score (nSPS) is 14.9. The van der Waals surface area contributed by atoms with Crippen LogP contribution in [-0.2, 0) is 19.3 Å². The van der Waals surface area contributed by atoms with Crippen LogP contribution in [0.5, 0.6) is 5.75 Å². The molecule has 1 fully saturated rings. The van der Waals surface area contributed by atoms with E-state index in [9.17, 15) is 18.0 Å². The molecule has 0 saturated carbocycles. The van der Waals surface area contributed by atoms with Crippen LogP contribution >= 0.6 is 11.3 Å². The molecule has 0 aliphatic carbocycles. The van der Waals surface area contributed by atoms with Crippen molar-refractivity contribution in [3.8, 4) is 5.75 Å².